The fraction of sp³-hybridized carbons (Fsp3) is 1.00. The summed E-state index contributed by atoms with van der Waals surface area (Å²) in [5.41, 5.74) is 0. The number of fused-ring (bicyclic) bond motifs is 1. The molecule has 0 bridgehead atoms. The molecule has 1 N–H and O–H groups in total. The third kappa shape index (κ3) is 1.62. The first-order valence-corrected chi connectivity index (χ1v) is 5.38. The molecule has 1 aliphatic carbocycles. The largest absolute Gasteiger partial charge is 0.393 e. The average Bonchev–Trinajstić information content (AvgIpc) is 2.15. The van der Waals surface area contributed by atoms with Crippen LogP contribution in [0.3, 0.4) is 0 Å². The zero-order valence-electron chi connectivity index (χ0n) is 11.2. The Morgan fingerprint density at radius 1 is 1.38 bits per heavy atom. The van der Waals surface area contributed by atoms with Crippen LogP contribution in [0.5, 0.6) is 0 Å². The van der Waals surface area contributed by atoms with Crippen molar-refractivity contribution in [3.05, 3.63) is 0 Å². The van der Waals surface area contributed by atoms with E-state index in [-0.39, 0.29) is 24.1 Å². The molecule has 0 aromatic rings. The summed E-state index contributed by atoms with van der Waals surface area (Å²) >= 11 is 0. The summed E-state index contributed by atoms with van der Waals surface area (Å²) in [5.74, 6) is 0.172. The van der Waals surface area contributed by atoms with Crippen molar-refractivity contribution < 1.29 is 9.22 Å². The van der Waals surface area contributed by atoms with Crippen molar-refractivity contribution in [2.24, 2.45) is 5.92 Å². The zero-order chi connectivity index (χ0) is 11.9. The Morgan fingerprint density at radius 2 is 2.15 bits per heavy atom. The van der Waals surface area contributed by atoms with Gasteiger partial charge in [0.25, 0.3) is 0 Å². The van der Waals surface area contributed by atoms with Gasteiger partial charge in [-0.05, 0) is 33.2 Å². The normalized spacial score (nSPS) is 51.7. The van der Waals surface area contributed by atoms with Crippen LogP contribution in [0.25, 0.3) is 0 Å². The highest BCUT2D eigenvalue weighted by molar-refractivity contribution is 4.93. The number of aliphatic hydroxyl groups is 1. The number of hydrogen-bond acceptors (Lipinski definition) is 2. The topological polar surface area (TPSA) is 23.5 Å². The Bertz CT molecular complexity index is 256. The van der Waals surface area contributed by atoms with Crippen LogP contribution in [-0.2, 0) is 0 Å². The average molecular weight is 186 g/mol. The molecule has 2 aliphatic rings. The molecule has 4 unspecified atom stereocenters. The fourth-order valence-electron chi connectivity index (χ4n) is 2.90. The standard InChI is InChI=1S/C11H21NO/c1-8-7-11(13)9-5-3-4-6-10(9)12(8)2/h8-11,13H,3-7H2,1-2H3/i2D3. The maximum Gasteiger partial charge on any atom is 0.0598 e. The van der Waals surface area contributed by atoms with Gasteiger partial charge in [-0.3, -0.25) is 0 Å². The highest BCUT2D eigenvalue weighted by Crippen LogP contribution is 2.36. The summed E-state index contributed by atoms with van der Waals surface area (Å²) in [4.78, 5) is 1.67. The van der Waals surface area contributed by atoms with Gasteiger partial charge in [0.1, 0.15) is 0 Å². The van der Waals surface area contributed by atoms with Crippen LogP contribution >= 0.6 is 0 Å². The minimum Gasteiger partial charge on any atom is -0.393 e. The van der Waals surface area contributed by atoms with E-state index < -0.39 is 6.98 Å². The number of likely N-dealkylation sites (tertiary alicyclic amines) is 1. The Hall–Kier alpha value is -0.0800. The first kappa shape index (κ1) is 6.41. The van der Waals surface area contributed by atoms with Crippen LogP contribution in [0, 0.1) is 5.92 Å². The molecular weight excluding hydrogens is 162 g/mol. The van der Waals surface area contributed by atoms with Crippen LogP contribution in [0.2, 0.25) is 0 Å². The minimum absolute atomic E-state index is 0.0400. The zero-order valence-corrected chi connectivity index (χ0v) is 8.24. The van der Waals surface area contributed by atoms with E-state index in [1.165, 1.54) is 0 Å². The van der Waals surface area contributed by atoms with Crippen molar-refractivity contribution in [3.63, 3.8) is 0 Å². The summed E-state index contributed by atoms with van der Waals surface area (Å²) in [6, 6.07) is 0.0156. The second-order valence-corrected chi connectivity index (χ2v) is 4.58. The SMILES string of the molecule is [2H]C([2H])([2H])N1C(C)CC(O)C2CCCCC21. The van der Waals surface area contributed by atoms with E-state index >= 15 is 0 Å². The summed E-state index contributed by atoms with van der Waals surface area (Å²) in [7, 11) is 0. The number of aliphatic hydroxyl groups excluding tert-OH is 1. The Kier molecular flexibility index (Phi) is 1.77. The Balaban J connectivity index is 2.22. The maximum absolute atomic E-state index is 10.0. The molecule has 1 heterocycles. The van der Waals surface area contributed by atoms with E-state index in [1.807, 2.05) is 6.92 Å². The van der Waals surface area contributed by atoms with Gasteiger partial charge in [-0.15, -0.1) is 0 Å². The molecule has 4 atom stereocenters. The molecule has 0 aromatic carbocycles. The first-order chi connectivity index (χ1) is 7.41. The van der Waals surface area contributed by atoms with E-state index in [2.05, 4.69) is 0 Å². The van der Waals surface area contributed by atoms with Gasteiger partial charge in [-0.25, -0.2) is 0 Å². The van der Waals surface area contributed by atoms with Crippen molar-refractivity contribution in [2.45, 2.75) is 57.2 Å². The molecule has 0 aromatic heterocycles. The van der Waals surface area contributed by atoms with Crippen molar-refractivity contribution in [3.8, 4) is 0 Å². The monoisotopic (exact) mass is 186 g/mol. The molecule has 2 heteroatoms. The molecule has 0 amide bonds. The molecule has 2 nitrogen and oxygen atoms in total. The summed E-state index contributed by atoms with van der Waals surface area (Å²) in [6.45, 7) is -0.0970. The van der Waals surface area contributed by atoms with Crippen molar-refractivity contribution in [1.82, 2.24) is 4.90 Å². The molecule has 0 spiro atoms. The predicted octanol–water partition coefficient (Wildman–Crippen LogP) is 1.63. The van der Waals surface area contributed by atoms with E-state index in [0.29, 0.717) is 6.42 Å². The van der Waals surface area contributed by atoms with Gasteiger partial charge in [0.2, 0.25) is 0 Å². The predicted molar refractivity (Wildman–Crippen MR) is 53.6 cm³/mol. The number of piperidine rings is 1. The van der Waals surface area contributed by atoms with Crippen LogP contribution < -0.4 is 0 Å². The quantitative estimate of drug-likeness (QED) is 0.621. The third-order valence-electron chi connectivity index (χ3n) is 3.69. The summed E-state index contributed by atoms with van der Waals surface area (Å²) < 4.78 is 22.9. The molecular formula is C11H21NO. The van der Waals surface area contributed by atoms with Crippen LogP contribution in [-0.4, -0.2) is 35.2 Å². The van der Waals surface area contributed by atoms with Gasteiger partial charge in [0.05, 0.1) is 6.10 Å². The summed E-state index contributed by atoms with van der Waals surface area (Å²) in [5, 5.41) is 10.0. The number of nitrogens with zero attached hydrogens (tertiary/aromatic N) is 1. The Morgan fingerprint density at radius 3 is 2.92 bits per heavy atom. The van der Waals surface area contributed by atoms with Gasteiger partial charge in [-0.2, -0.15) is 0 Å². The van der Waals surface area contributed by atoms with Gasteiger partial charge in [0.15, 0.2) is 0 Å². The highest BCUT2D eigenvalue weighted by Gasteiger charge is 2.39. The minimum atomic E-state index is -2.01. The number of rotatable bonds is 0. The van der Waals surface area contributed by atoms with Crippen LogP contribution in [0.15, 0.2) is 0 Å². The lowest BCUT2D eigenvalue weighted by Gasteiger charge is -2.48. The second kappa shape index (κ2) is 3.58. The van der Waals surface area contributed by atoms with Gasteiger partial charge < -0.3 is 10.0 Å². The highest BCUT2D eigenvalue weighted by atomic mass is 16.3. The third-order valence-corrected chi connectivity index (χ3v) is 3.69. The summed E-state index contributed by atoms with van der Waals surface area (Å²) in [6.07, 6.45) is 4.41. The van der Waals surface area contributed by atoms with Gasteiger partial charge >= 0.3 is 0 Å². The number of hydrogen-bond donors (Lipinski definition) is 1. The van der Waals surface area contributed by atoms with E-state index in [1.54, 1.807) is 4.90 Å². The van der Waals surface area contributed by atoms with E-state index in [0.717, 1.165) is 25.7 Å². The molecule has 1 saturated carbocycles. The molecule has 1 aliphatic heterocycles. The fourth-order valence-corrected chi connectivity index (χ4v) is 2.90. The maximum atomic E-state index is 10.0. The first-order valence-electron chi connectivity index (χ1n) is 6.88. The van der Waals surface area contributed by atoms with E-state index in [9.17, 15) is 5.11 Å². The Labute approximate surface area is 85.1 Å². The van der Waals surface area contributed by atoms with Crippen molar-refractivity contribution in [1.29, 1.82) is 0 Å². The molecule has 2 fully saturated rings. The van der Waals surface area contributed by atoms with Crippen molar-refractivity contribution >= 4 is 0 Å². The van der Waals surface area contributed by atoms with Gasteiger partial charge in [0, 0.05) is 22.1 Å². The lowest BCUT2D eigenvalue weighted by Crippen LogP contribution is -2.54. The molecule has 2 rings (SSSR count). The molecule has 0 radical (unpaired) electrons. The van der Waals surface area contributed by atoms with Gasteiger partial charge in [-0.1, -0.05) is 12.8 Å². The van der Waals surface area contributed by atoms with E-state index in [4.69, 9.17) is 4.11 Å². The lowest BCUT2D eigenvalue weighted by atomic mass is 9.75. The molecule has 13 heavy (non-hydrogen) atoms. The molecule has 76 valence electrons. The smallest absolute Gasteiger partial charge is 0.0598 e. The second-order valence-electron chi connectivity index (χ2n) is 4.58. The van der Waals surface area contributed by atoms with Crippen molar-refractivity contribution in [2.75, 3.05) is 6.98 Å². The van der Waals surface area contributed by atoms with Crippen LogP contribution in [0.1, 0.15) is 43.1 Å². The lowest BCUT2D eigenvalue weighted by molar-refractivity contribution is -0.0501. The van der Waals surface area contributed by atoms with Crippen LogP contribution in [0.4, 0.5) is 0 Å². The molecule has 1 saturated heterocycles.